The van der Waals surface area contributed by atoms with E-state index >= 15 is 0 Å². The predicted octanol–water partition coefficient (Wildman–Crippen LogP) is 2.16. The van der Waals surface area contributed by atoms with Crippen LogP contribution < -0.4 is 4.72 Å². The Morgan fingerprint density at radius 2 is 2.17 bits per heavy atom. The summed E-state index contributed by atoms with van der Waals surface area (Å²) >= 11 is 1.33. The van der Waals surface area contributed by atoms with Gasteiger partial charge in [0.05, 0.1) is 12.5 Å². The van der Waals surface area contributed by atoms with Gasteiger partial charge in [0, 0.05) is 17.0 Å². The van der Waals surface area contributed by atoms with Crippen LogP contribution in [0.15, 0.2) is 49.9 Å². The van der Waals surface area contributed by atoms with Gasteiger partial charge < -0.3 is 14.0 Å². The monoisotopic (exact) mass is 368 g/mol. The molecule has 0 bridgehead atoms. The summed E-state index contributed by atoms with van der Waals surface area (Å²) in [4.78, 5) is 0.591. The topological polar surface area (TPSA) is 106 Å². The van der Waals surface area contributed by atoms with Gasteiger partial charge in [-0.1, -0.05) is 11.2 Å². The van der Waals surface area contributed by atoms with Crippen molar-refractivity contribution in [1.82, 2.24) is 9.88 Å². The van der Waals surface area contributed by atoms with Crippen LogP contribution in [0.5, 0.6) is 0 Å². The quantitative estimate of drug-likeness (QED) is 0.691. The lowest BCUT2D eigenvalue weighted by molar-refractivity contribution is 0.0891. The number of sulfonamides is 1. The lowest BCUT2D eigenvalue weighted by Gasteiger charge is -2.26. The van der Waals surface area contributed by atoms with E-state index in [1.54, 1.807) is 25.1 Å². The molecule has 0 radical (unpaired) electrons. The molecule has 0 spiro atoms. The minimum absolute atomic E-state index is 0.0109. The highest BCUT2D eigenvalue weighted by Crippen LogP contribution is 2.33. The van der Waals surface area contributed by atoms with Crippen LogP contribution >= 0.6 is 11.3 Å². The summed E-state index contributed by atoms with van der Waals surface area (Å²) in [6.45, 7) is 2.82. The Morgan fingerprint density at radius 3 is 2.71 bits per heavy atom. The van der Waals surface area contributed by atoms with Crippen LogP contribution in [0.1, 0.15) is 21.9 Å². The molecule has 0 fully saturated rings. The van der Waals surface area contributed by atoms with Crippen LogP contribution in [0, 0.1) is 13.8 Å². The van der Waals surface area contributed by atoms with E-state index in [1.165, 1.54) is 30.8 Å². The van der Waals surface area contributed by atoms with Gasteiger partial charge in [0.1, 0.15) is 16.2 Å². The molecule has 24 heavy (non-hydrogen) atoms. The zero-order chi connectivity index (χ0) is 17.4. The summed E-state index contributed by atoms with van der Waals surface area (Å²) in [5.41, 5.74) is -0.804. The lowest BCUT2D eigenvalue weighted by atomic mass is 9.95. The maximum absolute atomic E-state index is 12.6. The molecular weight excluding hydrogens is 352 g/mol. The molecule has 0 aliphatic carbocycles. The summed E-state index contributed by atoms with van der Waals surface area (Å²) in [5.74, 6) is 0.197. The highest BCUT2D eigenvalue weighted by atomic mass is 32.2. The van der Waals surface area contributed by atoms with Gasteiger partial charge >= 0.3 is 0 Å². The zero-order valence-electron chi connectivity index (χ0n) is 13.0. The lowest BCUT2D eigenvalue weighted by Crippen LogP contribution is -2.41. The Kier molecular flexibility index (Phi) is 4.35. The van der Waals surface area contributed by atoms with Crippen LogP contribution in [0.3, 0.4) is 0 Å². The number of aryl methyl sites for hydroxylation is 2. The minimum atomic E-state index is -3.89. The van der Waals surface area contributed by atoms with E-state index in [9.17, 15) is 13.5 Å². The molecular formula is C15H16N2O5S2. The molecule has 0 unspecified atom stereocenters. The number of thiophene rings is 1. The Hall–Kier alpha value is -1.94. The molecule has 0 aromatic carbocycles. The van der Waals surface area contributed by atoms with Crippen LogP contribution in [0.4, 0.5) is 0 Å². The van der Waals surface area contributed by atoms with Crippen molar-refractivity contribution in [2.24, 2.45) is 0 Å². The largest absolute Gasteiger partial charge is 0.472 e. The maximum atomic E-state index is 12.6. The molecule has 0 aliphatic rings. The van der Waals surface area contributed by atoms with Crippen LogP contribution in [0.25, 0.3) is 0 Å². The van der Waals surface area contributed by atoms with Crippen LogP contribution in [0.2, 0.25) is 0 Å². The first-order chi connectivity index (χ1) is 11.3. The predicted molar refractivity (Wildman–Crippen MR) is 87.2 cm³/mol. The van der Waals surface area contributed by atoms with E-state index in [-0.39, 0.29) is 22.9 Å². The van der Waals surface area contributed by atoms with Crippen molar-refractivity contribution in [3.8, 4) is 0 Å². The molecule has 3 heterocycles. The molecule has 128 valence electrons. The molecule has 2 N–H and O–H groups in total. The third-order valence-corrected chi connectivity index (χ3v) is 6.35. The van der Waals surface area contributed by atoms with Gasteiger partial charge in [0.15, 0.2) is 5.76 Å². The summed E-state index contributed by atoms with van der Waals surface area (Å²) in [6.07, 6.45) is 2.82. The van der Waals surface area contributed by atoms with Crippen molar-refractivity contribution >= 4 is 21.4 Å². The molecule has 9 heteroatoms. The number of hydrogen-bond acceptors (Lipinski definition) is 7. The number of furan rings is 1. The maximum Gasteiger partial charge on any atom is 0.246 e. The molecule has 3 aromatic rings. The van der Waals surface area contributed by atoms with Crippen molar-refractivity contribution in [2.75, 3.05) is 6.54 Å². The molecule has 0 saturated heterocycles. The average Bonchev–Trinajstić information content (AvgIpc) is 3.27. The number of nitrogens with one attached hydrogen (secondary N) is 1. The van der Waals surface area contributed by atoms with Crippen molar-refractivity contribution in [2.45, 2.75) is 24.3 Å². The third kappa shape index (κ3) is 2.91. The number of hydrogen-bond donors (Lipinski definition) is 2. The van der Waals surface area contributed by atoms with Gasteiger partial charge in [-0.25, -0.2) is 13.1 Å². The third-order valence-electron chi connectivity index (χ3n) is 3.68. The van der Waals surface area contributed by atoms with Gasteiger partial charge in [0.25, 0.3) is 0 Å². The van der Waals surface area contributed by atoms with Crippen LogP contribution in [-0.4, -0.2) is 25.2 Å². The normalized spacial score (nSPS) is 14.6. The van der Waals surface area contributed by atoms with Crippen molar-refractivity contribution < 1.29 is 22.5 Å². The van der Waals surface area contributed by atoms with Crippen LogP contribution in [-0.2, 0) is 15.6 Å². The molecule has 0 amide bonds. The van der Waals surface area contributed by atoms with Gasteiger partial charge in [-0.15, -0.1) is 11.3 Å². The van der Waals surface area contributed by atoms with E-state index in [0.717, 1.165) is 0 Å². The number of aromatic nitrogens is 1. The summed E-state index contributed by atoms with van der Waals surface area (Å²) in [5, 5.41) is 16.6. The Balaban J connectivity index is 1.93. The summed E-state index contributed by atoms with van der Waals surface area (Å²) in [6, 6.07) is 5.12. The fraction of sp³-hybridized carbons (Fsp3) is 0.267. The number of aliphatic hydroxyl groups is 1. The second kappa shape index (κ2) is 6.17. The van der Waals surface area contributed by atoms with E-state index in [4.69, 9.17) is 8.94 Å². The van der Waals surface area contributed by atoms with Gasteiger partial charge in [-0.05, 0) is 31.4 Å². The van der Waals surface area contributed by atoms with E-state index in [0.29, 0.717) is 10.4 Å². The Bertz CT molecular complexity index is 858. The first kappa shape index (κ1) is 16.9. The minimum Gasteiger partial charge on any atom is -0.472 e. The highest BCUT2D eigenvalue weighted by Gasteiger charge is 2.36. The van der Waals surface area contributed by atoms with Crippen molar-refractivity contribution in [1.29, 1.82) is 0 Å². The zero-order valence-corrected chi connectivity index (χ0v) is 14.6. The van der Waals surface area contributed by atoms with Gasteiger partial charge in [-0.3, -0.25) is 0 Å². The van der Waals surface area contributed by atoms with E-state index < -0.39 is 15.6 Å². The molecule has 3 rings (SSSR count). The van der Waals surface area contributed by atoms with Gasteiger partial charge in [-0.2, -0.15) is 0 Å². The number of rotatable bonds is 6. The van der Waals surface area contributed by atoms with Gasteiger partial charge in [0.2, 0.25) is 10.0 Å². The number of nitrogens with zero attached hydrogens (tertiary/aromatic N) is 1. The Morgan fingerprint density at radius 1 is 1.38 bits per heavy atom. The van der Waals surface area contributed by atoms with Crippen molar-refractivity contribution in [3.63, 3.8) is 0 Å². The Labute approximate surface area is 143 Å². The second-order valence-corrected chi connectivity index (χ2v) is 7.98. The van der Waals surface area contributed by atoms with E-state index in [1.807, 2.05) is 5.38 Å². The molecule has 0 aliphatic heterocycles. The second-order valence-electron chi connectivity index (χ2n) is 5.33. The fourth-order valence-electron chi connectivity index (χ4n) is 2.48. The summed E-state index contributed by atoms with van der Waals surface area (Å²) in [7, 11) is -3.89. The first-order valence-electron chi connectivity index (χ1n) is 7.06. The smallest absolute Gasteiger partial charge is 0.246 e. The summed E-state index contributed by atoms with van der Waals surface area (Å²) < 4.78 is 37.6. The fourth-order valence-corrected chi connectivity index (χ4v) is 4.71. The standard InChI is InChI=1S/C15H16N2O5S2/c1-10-14(11(2)22-17-10)24(19,20)16-9-15(18,12-5-6-21-8-12)13-4-3-7-23-13/h3-8,16,18H,9H2,1-2H3/t15-/m1/s1. The molecule has 7 nitrogen and oxygen atoms in total. The molecule has 1 atom stereocenters. The SMILES string of the molecule is Cc1noc(C)c1S(=O)(=O)NC[C@@](O)(c1ccoc1)c1cccs1. The molecule has 3 aromatic heterocycles. The highest BCUT2D eigenvalue weighted by molar-refractivity contribution is 7.89. The van der Waals surface area contributed by atoms with Crippen molar-refractivity contribution in [3.05, 3.63) is 58.0 Å². The van der Waals surface area contributed by atoms with E-state index in [2.05, 4.69) is 9.88 Å². The average molecular weight is 368 g/mol. The first-order valence-corrected chi connectivity index (χ1v) is 9.42. The molecule has 0 saturated carbocycles.